The Morgan fingerprint density at radius 3 is 2.67 bits per heavy atom. The van der Waals surface area contributed by atoms with E-state index in [9.17, 15) is 4.79 Å². The third kappa shape index (κ3) is 5.42. The van der Waals surface area contributed by atoms with E-state index in [2.05, 4.69) is 22.2 Å². The molecule has 1 amide bonds. The third-order valence-corrected chi connectivity index (χ3v) is 3.93. The van der Waals surface area contributed by atoms with E-state index in [0.717, 1.165) is 30.5 Å². The van der Waals surface area contributed by atoms with Crippen LogP contribution in [0.5, 0.6) is 0 Å². The quantitative estimate of drug-likeness (QED) is 0.722. The summed E-state index contributed by atoms with van der Waals surface area (Å²) in [6.45, 7) is 8.12. The Balaban J connectivity index is 2.65. The Bertz CT molecular complexity index is 462. The van der Waals surface area contributed by atoms with Crippen LogP contribution in [0.4, 0.5) is 5.95 Å². The molecule has 5 nitrogen and oxygen atoms in total. The molecule has 118 valence electrons. The highest BCUT2D eigenvalue weighted by molar-refractivity contribution is 5.93. The van der Waals surface area contributed by atoms with E-state index in [0.29, 0.717) is 5.95 Å². The smallest absolute Gasteiger partial charge is 0.243 e. The molecule has 0 saturated carbocycles. The molecule has 1 rings (SSSR count). The minimum atomic E-state index is -0.525. The van der Waals surface area contributed by atoms with Crippen LogP contribution in [0.25, 0.3) is 0 Å². The van der Waals surface area contributed by atoms with Crippen LogP contribution in [0, 0.1) is 12.8 Å². The summed E-state index contributed by atoms with van der Waals surface area (Å²) in [5, 5.41) is 2.71. The van der Waals surface area contributed by atoms with Crippen molar-refractivity contribution in [3.8, 4) is 0 Å². The molecule has 3 N–H and O–H groups in total. The van der Waals surface area contributed by atoms with Crippen LogP contribution < -0.4 is 11.1 Å². The molecule has 1 aromatic rings. The van der Waals surface area contributed by atoms with Gasteiger partial charge in [0, 0.05) is 11.9 Å². The summed E-state index contributed by atoms with van der Waals surface area (Å²) < 4.78 is 0. The molecule has 5 heteroatoms. The molecule has 0 fully saturated rings. The standard InChI is InChI=1S/C16H28N4O/c1-5-7-8-9-13-10-18-16(19-12(13)4)20-15(21)14(17)11(3)6-2/h10-11,14H,5-9,17H2,1-4H3,(H,18,19,20,21). The predicted octanol–water partition coefficient (Wildman–Crippen LogP) is 2.83. The first-order chi connectivity index (χ1) is 9.99. The molecule has 1 aromatic heterocycles. The van der Waals surface area contributed by atoms with Crippen LogP contribution in [0.1, 0.15) is 57.7 Å². The molecule has 0 saturated heterocycles. The molecule has 0 radical (unpaired) electrons. The Hall–Kier alpha value is -1.49. The normalized spacial score (nSPS) is 13.8. The SMILES string of the molecule is CCCCCc1cnc(NC(=O)C(N)C(C)CC)nc1C. The Kier molecular flexibility index (Phi) is 7.29. The molecule has 0 aliphatic rings. The second-order valence-corrected chi connectivity index (χ2v) is 5.66. The van der Waals surface area contributed by atoms with Crippen LogP contribution in [-0.4, -0.2) is 21.9 Å². The first kappa shape index (κ1) is 17.6. The zero-order valence-electron chi connectivity index (χ0n) is 13.6. The van der Waals surface area contributed by atoms with Gasteiger partial charge in [0.25, 0.3) is 0 Å². The zero-order chi connectivity index (χ0) is 15.8. The second-order valence-electron chi connectivity index (χ2n) is 5.66. The van der Waals surface area contributed by atoms with Crippen molar-refractivity contribution in [2.24, 2.45) is 11.7 Å². The largest absolute Gasteiger partial charge is 0.320 e. The van der Waals surface area contributed by atoms with Crippen LogP contribution in [-0.2, 0) is 11.2 Å². The molecule has 0 spiro atoms. The van der Waals surface area contributed by atoms with Crippen molar-refractivity contribution in [2.45, 2.75) is 65.8 Å². The van der Waals surface area contributed by atoms with Gasteiger partial charge in [-0.2, -0.15) is 0 Å². The number of nitrogens with two attached hydrogens (primary N) is 1. The summed E-state index contributed by atoms with van der Waals surface area (Å²) in [7, 11) is 0. The summed E-state index contributed by atoms with van der Waals surface area (Å²) in [5.74, 6) is 0.261. The van der Waals surface area contributed by atoms with Gasteiger partial charge in [0.05, 0.1) is 6.04 Å². The van der Waals surface area contributed by atoms with Crippen LogP contribution >= 0.6 is 0 Å². The van der Waals surface area contributed by atoms with Crippen LogP contribution in [0.15, 0.2) is 6.20 Å². The second kappa shape index (κ2) is 8.72. The fraction of sp³-hybridized carbons (Fsp3) is 0.688. The Morgan fingerprint density at radius 1 is 1.38 bits per heavy atom. The maximum Gasteiger partial charge on any atom is 0.243 e. The molecule has 21 heavy (non-hydrogen) atoms. The zero-order valence-corrected chi connectivity index (χ0v) is 13.6. The average Bonchev–Trinajstić information content (AvgIpc) is 2.48. The Labute approximate surface area is 127 Å². The summed E-state index contributed by atoms with van der Waals surface area (Å²) in [5.41, 5.74) is 7.97. The number of carbonyl (C=O) groups excluding carboxylic acids is 1. The van der Waals surface area contributed by atoms with Crippen molar-refractivity contribution in [1.29, 1.82) is 0 Å². The lowest BCUT2D eigenvalue weighted by Crippen LogP contribution is -2.41. The number of hydrogen-bond donors (Lipinski definition) is 2. The van der Waals surface area contributed by atoms with Gasteiger partial charge in [-0.25, -0.2) is 9.97 Å². The number of aromatic nitrogens is 2. The molecule has 2 atom stereocenters. The van der Waals surface area contributed by atoms with E-state index in [4.69, 9.17) is 5.73 Å². The van der Waals surface area contributed by atoms with Crippen molar-refractivity contribution < 1.29 is 4.79 Å². The number of carbonyl (C=O) groups is 1. The van der Waals surface area contributed by atoms with E-state index < -0.39 is 6.04 Å². The first-order valence-corrected chi connectivity index (χ1v) is 7.88. The maximum absolute atomic E-state index is 12.0. The van der Waals surface area contributed by atoms with E-state index in [1.54, 1.807) is 0 Å². The minimum Gasteiger partial charge on any atom is -0.320 e. The van der Waals surface area contributed by atoms with Crippen molar-refractivity contribution in [2.75, 3.05) is 5.32 Å². The Morgan fingerprint density at radius 2 is 2.10 bits per heavy atom. The van der Waals surface area contributed by atoms with E-state index in [-0.39, 0.29) is 11.8 Å². The van der Waals surface area contributed by atoms with Gasteiger partial charge < -0.3 is 5.73 Å². The van der Waals surface area contributed by atoms with Crippen molar-refractivity contribution in [1.82, 2.24) is 9.97 Å². The molecular weight excluding hydrogens is 264 g/mol. The number of anilines is 1. The van der Waals surface area contributed by atoms with Crippen molar-refractivity contribution in [3.05, 3.63) is 17.5 Å². The fourth-order valence-corrected chi connectivity index (χ4v) is 2.07. The number of nitrogens with zero attached hydrogens (tertiary/aromatic N) is 2. The van der Waals surface area contributed by atoms with Gasteiger partial charge in [0.15, 0.2) is 0 Å². The average molecular weight is 292 g/mol. The topological polar surface area (TPSA) is 80.9 Å². The third-order valence-electron chi connectivity index (χ3n) is 3.93. The number of hydrogen-bond acceptors (Lipinski definition) is 4. The lowest BCUT2D eigenvalue weighted by Gasteiger charge is -2.17. The molecular formula is C16H28N4O. The van der Waals surface area contributed by atoms with E-state index in [1.165, 1.54) is 12.8 Å². The number of rotatable bonds is 8. The fourth-order valence-electron chi connectivity index (χ4n) is 2.07. The number of unbranched alkanes of at least 4 members (excludes halogenated alkanes) is 2. The number of aryl methyl sites for hydroxylation is 2. The molecule has 0 aliphatic heterocycles. The van der Waals surface area contributed by atoms with Gasteiger partial charge in [-0.15, -0.1) is 0 Å². The molecule has 2 unspecified atom stereocenters. The van der Waals surface area contributed by atoms with Gasteiger partial charge in [-0.3, -0.25) is 10.1 Å². The van der Waals surface area contributed by atoms with Gasteiger partial charge in [0.2, 0.25) is 11.9 Å². The number of nitrogens with one attached hydrogen (secondary N) is 1. The highest BCUT2D eigenvalue weighted by Gasteiger charge is 2.20. The predicted molar refractivity (Wildman–Crippen MR) is 86.1 cm³/mol. The van der Waals surface area contributed by atoms with Gasteiger partial charge in [-0.1, -0.05) is 40.0 Å². The highest BCUT2D eigenvalue weighted by Crippen LogP contribution is 2.12. The summed E-state index contributed by atoms with van der Waals surface area (Å²) in [6, 6.07) is -0.525. The van der Waals surface area contributed by atoms with E-state index >= 15 is 0 Å². The molecule has 1 heterocycles. The first-order valence-electron chi connectivity index (χ1n) is 7.88. The minimum absolute atomic E-state index is 0.138. The van der Waals surface area contributed by atoms with Crippen molar-refractivity contribution >= 4 is 11.9 Å². The van der Waals surface area contributed by atoms with E-state index in [1.807, 2.05) is 27.0 Å². The van der Waals surface area contributed by atoms with Crippen molar-refractivity contribution in [3.63, 3.8) is 0 Å². The maximum atomic E-state index is 12.0. The van der Waals surface area contributed by atoms with Gasteiger partial charge in [0.1, 0.15) is 0 Å². The van der Waals surface area contributed by atoms with Gasteiger partial charge >= 0.3 is 0 Å². The van der Waals surface area contributed by atoms with Crippen LogP contribution in [0.2, 0.25) is 0 Å². The monoisotopic (exact) mass is 292 g/mol. The molecule has 0 bridgehead atoms. The highest BCUT2D eigenvalue weighted by atomic mass is 16.2. The molecule has 0 aromatic carbocycles. The summed E-state index contributed by atoms with van der Waals surface area (Å²) in [6.07, 6.45) is 7.21. The summed E-state index contributed by atoms with van der Waals surface area (Å²) >= 11 is 0. The number of amides is 1. The lowest BCUT2D eigenvalue weighted by atomic mass is 9.99. The van der Waals surface area contributed by atoms with Crippen LogP contribution in [0.3, 0.4) is 0 Å². The van der Waals surface area contributed by atoms with Gasteiger partial charge in [-0.05, 0) is 31.2 Å². The molecule has 0 aliphatic carbocycles. The summed E-state index contributed by atoms with van der Waals surface area (Å²) in [4.78, 5) is 20.6. The lowest BCUT2D eigenvalue weighted by molar-refractivity contribution is -0.118.